The van der Waals surface area contributed by atoms with E-state index in [-0.39, 0.29) is 18.1 Å². The highest BCUT2D eigenvalue weighted by molar-refractivity contribution is 5.88. The van der Waals surface area contributed by atoms with Crippen molar-refractivity contribution in [2.75, 3.05) is 0 Å². The van der Waals surface area contributed by atoms with E-state index in [1.54, 1.807) is 27.0 Å². The molecule has 0 aromatic carbocycles. The van der Waals surface area contributed by atoms with E-state index in [1.807, 2.05) is 44.2 Å². The minimum Gasteiger partial charge on any atom is -0.457 e. The average molecular weight is 458 g/mol. The van der Waals surface area contributed by atoms with Crippen molar-refractivity contribution in [1.82, 2.24) is 4.98 Å². The van der Waals surface area contributed by atoms with Gasteiger partial charge in [0.05, 0.1) is 29.7 Å². The Morgan fingerprint density at radius 3 is 2.58 bits per heavy atom. The Kier molecular flexibility index (Phi) is 9.99. The molecule has 1 aliphatic heterocycles. The molecule has 6 heteroatoms. The van der Waals surface area contributed by atoms with Crippen LogP contribution < -0.4 is 0 Å². The van der Waals surface area contributed by atoms with Gasteiger partial charge in [-0.1, -0.05) is 45.9 Å². The lowest BCUT2D eigenvalue weighted by atomic mass is 9.73. The van der Waals surface area contributed by atoms with Crippen LogP contribution in [0.15, 0.2) is 42.1 Å². The highest BCUT2D eigenvalue weighted by Crippen LogP contribution is 2.32. The summed E-state index contributed by atoms with van der Waals surface area (Å²) >= 11 is 0. The number of esters is 1. The third-order valence-electron chi connectivity index (χ3n) is 6.73. The fourth-order valence-electron chi connectivity index (χ4n) is 4.20. The normalized spacial score (nSPS) is 31.6. The van der Waals surface area contributed by atoms with Crippen LogP contribution in [0, 0.1) is 17.3 Å². The summed E-state index contributed by atoms with van der Waals surface area (Å²) in [6, 6.07) is 5.61. The second-order valence-electron chi connectivity index (χ2n) is 9.82. The number of aliphatic hydroxyl groups is 2. The van der Waals surface area contributed by atoms with Crippen molar-refractivity contribution in [3.05, 3.63) is 47.8 Å². The van der Waals surface area contributed by atoms with E-state index >= 15 is 0 Å². The van der Waals surface area contributed by atoms with Gasteiger partial charge in [0, 0.05) is 18.5 Å². The molecule has 2 N–H and O–H groups in total. The molecule has 182 valence electrons. The van der Waals surface area contributed by atoms with E-state index in [9.17, 15) is 19.8 Å². The lowest BCUT2D eigenvalue weighted by Gasteiger charge is -2.34. The van der Waals surface area contributed by atoms with Gasteiger partial charge in [-0.25, -0.2) is 0 Å². The molecule has 2 rings (SSSR count). The first kappa shape index (κ1) is 26.9. The number of carbonyl (C=O) groups excluding carboxylic acids is 2. The monoisotopic (exact) mass is 457 g/mol. The van der Waals surface area contributed by atoms with Crippen molar-refractivity contribution < 1.29 is 24.5 Å². The molecule has 0 saturated heterocycles. The highest BCUT2D eigenvalue weighted by atomic mass is 16.5. The molecule has 0 aliphatic carbocycles. The van der Waals surface area contributed by atoms with Crippen LogP contribution in [0.5, 0.6) is 0 Å². The van der Waals surface area contributed by atoms with Crippen LogP contribution >= 0.6 is 0 Å². The first-order valence-electron chi connectivity index (χ1n) is 11.9. The summed E-state index contributed by atoms with van der Waals surface area (Å²) in [5, 5.41) is 21.5. The second-order valence-corrected chi connectivity index (χ2v) is 9.82. The molecule has 0 fully saturated rings. The number of hydrogen-bond acceptors (Lipinski definition) is 6. The molecule has 0 amide bonds. The summed E-state index contributed by atoms with van der Waals surface area (Å²) in [4.78, 5) is 30.1. The van der Waals surface area contributed by atoms with E-state index in [2.05, 4.69) is 11.1 Å². The minimum atomic E-state index is -1.22. The number of aliphatic hydroxyl groups excluding tert-OH is 2. The van der Waals surface area contributed by atoms with Crippen LogP contribution in [0.3, 0.4) is 0 Å². The molecule has 0 saturated carbocycles. The second kappa shape index (κ2) is 12.2. The highest BCUT2D eigenvalue weighted by Gasteiger charge is 2.42. The number of nitrogens with zero attached hydrogens (tertiary/aromatic N) is 1. The lowest BCUT2D eigenvalue weighted by Crippen LogP contribution is -2.45. The summed E-state index contributed by atoms with van der Waals surface area (Å²) in [6.07, 6.45) is 7.89. The van der Waals surface area contributed by atoms with Gasteiger partial charge in [-0.15, -0.1) is 0 Å². The molecule has 0 bridgehead atoms. The molecule has 0 unspecified atom stereocenters. The maximum absolute atomic E-state index is 13.1. The molecule has 1 aromatic heterocycles. The van der Waals surface area contributed by atoms with Crippen LogP contribution in [0.1, 0.15) is 72.4 Å². The van der Waals surface area contributed by atoms with Crippen LogP contribution in [0.4, 0.5) is 0 Å². The number of cyclic esters (lactones) is 1. The molecule has 0 spiro atoms. The van der Waals surface area contributed by atoms with Crippen LogP contribution in [0.2, 0.25) is 0 Å². The number of Topliss-reactive ketones (excluding diaryl/α,β-unsaturated/α-hetero) is 1. The third kappa shape index (κ3) is 7.61. The Hall–Kier alpha value is -2.31. The van der Waals surface area contributed by atoms with E-state index in [0.717, 1.165) is 30.5 Å². The van der Waals surface area contributed by atoms with Crippen molar-refractivity contribution >= 4 is 17.8 Å². The number of rotatable bonds is 2. The smallest absolute Gasteiger partial charge is 0.309 e. The fraction of sp³-hybridized carbons (Fsp3) is 0.593. The molecular formula is C27H39NO5. The average Bonchev–Trinajstić information content (AvgIpc) is 2.78. The molecule has 33 heavy (non-hydrogen) atoms. The summed E-state index contributed by atoms with van der Waals surface area (Å²) in [6.45, 7) is 8.78. The van der Waals surface area contributed by atoms with Crippen molar-refractivity contribution in [2.24, 2.45) is 17.3 Å². The van der Waals surface area contributed by atoms with E-state index in [1.165, 1.54) is 0 Å². The van der Waals surface area contributed by atoms with E-state index in [4.69, 9.17) is 4.74 Å². The van der Waals surface area contributed by atoms with Crippen LogP contribution in [-0.4, -0.2) is 45.3 Å². The topological polar surface area (TPSA) is 96.7 Å². The zero-order valence-electron chi connectivity index (χ0n) is 20.5. The number of carbonyl (C=O) groups is 2. The van der Waals surface area contributed by atoms with Gasteiger partial charge in [0.15, 0.2) is 0 Å². The molecule has 0 radical (unpaired) electrons. The van der Waals surface area contributed by atoms with E-state index < -0.39 is 35.6 Å². The van der Waals surface area contributed by atoms with Crippen molar-refractivity contribution in [1.29, 1.82) is 0 Å². The number of ether oxygens (including phenoxy) is 1. The zero-order chi connectivity index (χ0) is 24.6. The Morgan fingerprint density at radius 1 is 1.18 bits per heavy atom. The predicted octanol–water partition coefficient (Wildman–Crippen LogP) is 4.51. The van der Waals surface area contributed by atoms with Gasteiger partial charge in [0.25, 0.3) is 0 Å². The standard InChI is InChI=1S/C27H39NO5/c1-18-12-8-6-7-9-14-22(19(2)16-21-13-10-11-15-28-21)33-24(30)17-23(29)27(4,5)26(32)20(3)25(18)31/h7,9-11,13,15-16,18,20,22-23,25,29,31H,6,8,12,14,17H2,1-5H3/b9-7-,19-16+/t18-,20+,22-,23-,25-/m0/s1. The number of hydrogen-bond donors (Lipinski definition) is 2. The van der Waals surface area contributed by atoms with Crippen molar-refractivity contribution in [3.63, 3.8) is 0 Å². The van der Waals surface area contributed by atoms with Crippen molar-refractivity contribution in [3.8, 4) is 0 Å². The van der Waals surface area contributed by atoms with Gasteiger partial charge in [-0.05, 0) is 55.9 Å². The fourth-order valence-corrected chi connectivity index (χ4v) is 4.20. The first-order valence-corrected chi connectivity index (χ1v) is 11.9. The van der Waals surface area contributed by atoms with Gasteiger partial charge in [0.1, 0.15) is 11.9 Å². The molecule has 6 nitrogen and oxygen atoms in total. The number of ketones is 1. The maximum Gasteiger partial charge on any atom is 0.309 e. The number of allylic oxidation sites excluding steroid dienone is 1. The summed E-state index contributed by atoms with van der Waals surface area (Å²) in [5.74, 6) is -1.50. The quantitative estimate of drug-likeness (QED) is 0.501. The molecular weight excluding hydrogens is 418 g/mol. The van der Waals surface area contributed by atoms with Crippen LogP contribution in [-0.2, 0) is 14.3 Å². The Bertz CT molecular complexity index is 845. The Morgan fingerprint density at radius 2 is 1.91 bits per heavy atom. The lowest BCUT2D eigenvalue weighted by molar-refractivity contribution is -0.154. The minimum absolute atomic E-state index is 0.0422. The largest absolute Gasteiger partial charge is 0.457 e. The Labute approximate surface area is 197 Å². The molecule has 2 heterocycles. The summed E-state index contributed by atoms with van der Waals surface area (Å²) in [7, 11) is 0. The predicted molar refractivity (Wildman–Crippen MR) is 129 cm³/mol. The maximum atomic E-state index is 13.1. The molecule has 1 aliphatic rings. The van der Waals surface area contributed by atoms with Gasteiger partial charge in [-0.2, -0.15) is 0 Å². The Balaban J connectivity index is 2.28. The van der Waals surface area contributed by atoms with Crippen LogP contribution in [0.25, 0.3) is 6.08 Å². The zero-order valence-corrected chi connectivity index (χ0v) is 20.5. The van der Waals surface area contributed by atoms with Gasteiger partial charge < -0.3 is 14.9 Å². The van der Waals surface area contributed by atoms with Gasteiger partial charge in [-0.3, -0.25) is 14.6 Å². The van der Waals surface area contributed by atoms with Gasteiger partial charge in [0.2, 0.25) is 0 Å². The molecule has 5 atom stereocenters. The third-order valence-corrected chi connectivity index (χ3v) is 6.73. The molecule has 1 aromatic rings. The number of pyridine rings is 1. The summed E-state index contributed by atoms with van der Waals surface area (Å²) < 4.78 is 5.74. The van der Waals surface area contributed by atoms with E-state index in [0.29, 0.717) is 6.42 Å². The van der Waals surface area contributed by atoms with Crippen molar-refractivity contribution in [2.45, 2.75) is 85.0 Å². The number of aromatic nitrogens is 1. The van der Waals surface area contributed by atoms with Gasteiger partial charge >= 0.3 is 5.97 Å². The first-order chi connectivity index (χ1) is 15.5. The SMILES string of the molecule is C/C(=C\c1ccccn1)[C@@H]1C/C=C\CCC[C@H](C)[C@H](O)[C@@H](C)C(=O)C(C)(C)[C@@H](O)CC(=O)O1. The summed E-state index contributed by atoms with van der Waals surface area (Å²) in [5.41, 5.74) is 0.434.